The number of unbranched alkanes of at least 4 members (excludes halogenated alkanes) is 2. The summed E-state index contributed by atoms with van der Waals surface area (Å²) in [6, 6.07) is 5.98. The molecular formula is C19H28N2O5S. The van der Waals surface area contributed by atoms with Crippen molar-refractivity contribution in [2.24, 2.45) is 0 Å². The van der Waals surface area contributed by atoms with Crippen LogP contribution in [-0.4, -0.2) is 50.8 Å². The highest BCUT2D eigenvalue weighted by Gasteiger charge is 2.30. The van der Waals surface area contributed by atoms with Crippen molar-refractivity contribution in [1.82, 2.24) is 9.62 Å². The van der Waals surface area contributed by atoms with Gasteiger partial charge in [-0.3, -0.25) is 4.79 Å². The molecule has 1 aliphatic rings. The van der Waals surface area contributed by atoms with Gasteiger partial charge in [0, 0.05) is 19.6 Å². The number of carbonyl (C=O) groups excluding carboxylic acids is 2. The predicted octanol–water partition coefficient (Wildman–Crippen LogP) is 2.32. The Hall–Kier alpha value is -1.93. The number of hydrogen-bond acceptors (Lipinski definition) is 5. The summed E-state index contributed by atoms with van der Waals surface area (Å²) in [7, 11) is -3.76. The highest BCUT2D eigenvalue weighted by atomic mass is 32.2. The number of carbonyl (C=O) groups is 2. The molecule has 0 unspecified atom stereocenters. The number of ether oxygens (including phenoxy) is 1. The molecule has 0 spiro atoms. The van der Waals surface area contributed by atoms with Crippen molar-refractivity contribution in [1.29, 1.82) is 0 Å². The van der Waals surface area contributed by atoms with E-state index in [1.165, 1.54) is 16.4 Å². The summed E-state index contributed by atoms with van der Waals surface area (Å²) in [6.07, 6.45) is 5.55. The van der Waals surface area contributed by atoms with Gasteiger partial charge in [-0.15, -0.1) is 0 Å². The second kappa shape index (κ2) is 10.4. The molecule has 0 radical (unpaired) electrons. The number of hydrogen-bond donors (Lipinski definition) is 1. The van der Waals surface area contributed by atoms with Gasteiger partial charge in [-0.25, -0.2) is 13.2 Å². The van der Waals surface area contributed by atoms with E-state index in [9.17, 15) is 18.0 Å². The van der Waals surface area contributed by atoms with Crippen molar-refractivity contribution < 1.29 is 22.7 Å². The Morgan fingerprint density at radius 3 is 2.52 bits per heavy atom. The van der Waals surface area contributed by atoms with Crippen LogP contribution >= 0.6 is 0 Å². The molecular weight excluding hydrogens is 368 g/mol. The summed E-state index contributed by atoms with van der Waals surface area (Å²) in [4.78, 5) is 24.1. The van der Waals surface area contributed by atoms with Crippen molar-refractivity contribution in [2.75, 3.05) is 26.2 Å². The Morgan fingerprint density at radius 1 is 1.11 bits per heavy atom. The minimum Gasteiger partial charge on any atom is -0.452 e. The molecule has 2 rings (SSSR count). The van der Waals surface area contributed by atoms with Crippen LogP contribution in [-0.2, 0) is 19.6 Å². The smallest absolute Gasteiger partial charge is 0.340 e. The quantitative estimate of drug-likeness (QED) is 0.511. The molecule has 1 aromatic carbocycles. The summed E-state index contributed by atoms with van der Waals surface area (Å²) in [5, 5.41) is 2.68. The van der Waals surface area contributed by atoms with Gasteiger partial charge in [-0.2, -0.15) is 4.31 Å². The molecule has 1 aromatic rings. The maximum Gasteiger partial charge on any atom is 0.340 e. The Kier molecular flexibility index (Phi) is 8.24. The first kappa shape index (κ1) is 21.4. The van der Waals surface area contributed by atoms with Crippen LogP contribution in [0.2, 0.25) is 0 Å². The lowest BCUT2D eigenvalue weighted by atomic mass is 10.2. The van der Waals surface area contributed by atoms with Crippen LogP contribution in [0.3, 0.4) is 0 Å². The monoisotopic (exact) mass is 396 g/mol. The molecule has 8 heteroatoms. The van der Waals surface area contributed by atoms with E-state index in [1.807, 2.05) is 0 Å². The minimum atomic E-state index is -3.76. The van der Waals surface area contributed by atoms with E-state index < -0.39 is 28.5 Å². The van der Waals surface area contributed by atoms with Gasteiger partial charge < -0.3 is 10.1 Å². The average molecular weight is 397 g/mol. The standard InChI is InChI=1S/C19H28N2O5S/c1-2-3-7-12-20-18(22)15-26-19(23)16-10-5-6-11-17(16)27(24,25)21-13-8-4-9-14-21/h5-6,10-11H,2-4,7-9,12-15H2,1H3,(H,20,22). The molecule has 1 fully saturated rings. The van der Waals surface area contributed by atoms with E-state index in [2.05, 4.69) is 12.2 Å². The summed E-state index contributed by atoms with van der Waals surface area (Å²) in [5.41, 5.74) is -0.0399. The molecule has 0 bridgehead atoms. The van der Waals surface area contributed by atoms with Crippen LogP contribution < -0.4 is 5.32 Å². The highest BCUT2D eigenvalue weighted by Crippen LogP contribution is 2.24. The largest absolute Gasteiger partial charge is 0.452 e. The second-order valence-corrected chi connectivity index (χ2v) is 8.50. The highest BCUT2D eigenvalue weighted by molar-refractivity contribution is 7.89. The summed E-state index contributed by atoms with van der Waals surface area (Å²) >= 11 is 0. The van der Waals surface area contributed by atoms with Gasteiger partial charge in [0.2, 0.25) is 10.0 Å². The van der Waals surface area contributed by atoms with E-state index in [4.69, 9.17) is 4.74 Å². The van der Waals surface area contributed by atoms with Gasteiger partial charge in [-0.1, -0.05) is 38.3 Å². The Labute approximate surface area is 161 Å². The number of piperidine rings is 1. The molecule has 0 aromatic heterocycles. The van der Waals surface area contributed by atoms with Gasteiger partial charge in [0.25, 0.3) is 5.91 Å². The van der Waals surface area contributed by atoms with Crippen LogP contribution in [0.1, 0.15) is 55.8 Å². The maximum atomic E-state index is 12.9. The topological polar surface area (TPSA) is 92.8 Å². The molecule has 150 valence electrons. The van der Waals surface area contributed by atoms with E-state index in [1.54, 1.807) is 12.1 Å². The normalized spacial score (nSPS) is 15.3. The van der Waals surface area contributed by atoms with Gasteiger partial charge in [0.1, 0.15) is 0 Å². The van der Waals surface area contributed by atoms with Gasteiger partial charge >= 0.3 is 5.97 Å². The van der Waals surface area contributed by atoms with E-state index >= 15 is 0 Å². The number of amides is 1. The lowest BCUT2D eigenvalue weighted by Crippen LogP contribution is -2.36. The number of sulfonamides is 1. The number of esters is 1. The fourth-order valence-electron chi connectivity index (χ4n) is 2.97. The fourth-order valence-corrected chi connectivity index (χ4v) is 4.66. The van der Waals surface area contributed by atoms with Crippen molar-refractivity contribution in [2.45, 2.75) is 50.3 Å². The average Bonchev–Trinajstić information content (AvgIpc) is 2.70. The van der Waals surface area contributed by atoms with Crippen LogP contribution in [0.15, 0.2) is 29.2 Å². The zero-order valence-corrected chi connectivity index (χ0v) is 16.6. The molecule has 0 saturated carbocycles. The maximum absolute atomic E-state index is 12.9. The molecule has 1 heterocycles. The van der Waals surface area contributed by atoms with E-state index in [0.29, 0.717) is 19.6 Å². The van der Waals surface area contributed by atoms with Crippen molar-refractivity contribution in [3.8, 4) is 0 Å². The number of benzene rings is 1. The third-order valence-corrected chi connectivity index (χ3v) is 6.43. The summed E-state index contributed by atoms with van der Waals surface area (Å²) in [5.74, 6) is -1.20. The lowest BCUT2D eigenvalue weighted by Gasteiger charge is -2.26. The zero-order valence-electron chi connectivity index (χ0n) is 15.8. The molecule has 27 heavy (non-hydrogen) atoms. The number of nitrogens with zero attached hydrogens (tertiary/aromatic N) is 1. The summed E-state index contributed by atoms with van der Waals surface area (Å²) < 4.78 is 32.2. The van der Waals surface area contributed by atoms with E-state index in [0.717, 1.165) is 38.5 Å². The number of nitrogens with one attached hydrogen (secondary N) is 1. The molecule has 1 amide bonds. The van der Waals surface area contributed by atoms with Gasteiger partial charge in [0.05, 0.1) is 10.5 Å². The third kappa shape index (κ3) is 6.04. The van der Waals surface area contributed by atoms with Crippen LogP contribution in [0.4, 0.5) is 0 Å². The van der Waals surface area contributed by atoms with Gasteiger partial charge in [0.15, 0.2) is 6.61 Å². The molecule has 0 atom stereocenters. The van der Waals surface area contributed by atoms with Gasteiger partial charge in [-0.05, 0) is 31.4 Å². The van der Waals surface area contributed by atoms with Crippen molar-refractivity contribution >= 4 is 21.9 Å². The van der Waals surface area contributed by atoms with E-state index in [-0.39, 0.29) is 10.5 Å². The molecule has 0 aliphatic carbocycles. The fraction of sp³-hybridized carbons (Fsp3) is 0.579. The lowest BCUT2D eigenvalue weighted by molar-refractivity contribution is -0.124. The zero-order chi connectivity index (χ0) is 19.7. The van der Waals surface area contributed by atoms with Crippen molar-refractivity contribution in [3.05, 3.63) is 29.8 Å². The van der Waals surface area contributed by atoms with Crippen LogP contribution in [0.25, 0.3) is 0 Å². The first-order chi connectivity index (χ1) is 13.0. The second-order valence-electron chi connectivity index (χ2n) is 6.59. The first-order valence-corrected chi connectivity index (χ1v) is 10.9. The molecule has 1 saturated heterocycles. The Morgan fingerprint density at radius 2 is 1.81 bits per heavy atom. The molecule has 1 aliphatic heterocycles. The number of rotatable bonds is 9. The van der Waals surface area contributed by atoms with Crippen molar-refractivity contribution in [3.63, 3.8) is 0 Å². The molecule has 1 N–H and O–H groups in total. The predicted molar refractivity (Wildman–Crippen MR) is 102 cm³/mol. The van der Waals surface area contributed by atoms with Crippen LogP contribution in [0, 0.1) is 0 Å². The third-order valence-electron chi connectivity index (χ3n) is 4.48. The van der Waals surface area contributed by atoms with Crippen LogP contribution in [0.5, 0.6) is 0 Å². The molecule has 7 nitrogen and oxygen atoms in total. The first-order valence-electron chi connectivity index (χ1n) is 9.50. The minimum absolute atomic E-state index is 0.0399. The summed E-state index contributed by atoms with van der Waals surface area (Å²) in [6.45, 7) is 3.07. The Bertz CT molecular complexity index is 742. The SMILES string of the molecule is CCCCCNC(=O)COC(=O)c1ccccc1S(=O)(=O)N1CCCCC1. The Balaban J connectivity index is 2.02.